The molecule has 0 saturated heterocycles. The van der Waals surface area contributed by atoms with Gasteiger partial charge in [-0.25, -0.2) is 0 Å². The van der Waals surface area contributed by atoms with Crippen molar-refractivity contribution in [2.75, 3.05) is 5.75 Å². The lowest BCUT2D eigenvalue weighted by molar-refractivity contribution is -0.150. The first-order valence-electron chi connectivity index (χ1n) is 7.68. The summed E-state index contributed by atoms with van der Waals surface area (Å²) in [5, 5.41) is 0. The van der Waals surface area contributed by atoms with Crippen LogP contribution in [0.1, 0.15) is 46.1 Å². The first kappa shape index (κ1) is 18.8. The number of carbonyl (C=O) groups is 2. The quantitative estimate of drug-likeness (QED) is 0.671. The van der Waals surface area contributed by atoms with Gasteiger partial charge >= 0.3 is 5.97 Å². The summed E-state index contributed by atoms with van der Waals surface area (Å²) in [5.41, 5.74) is 0.958. The van der Waals surface area contributed by atoms with E-state index in [0.717, 1.165) is 5.56 Å². The van der Waals surface area contributed by atoms with E-state index < -0.39 is 0 Å². The highest BCUT2D eigenvalue weighted by Crippen LogP contribution is 2.27. The average molecular weight is 322 g/mol. The van der Waals surface area contributed by atoms with Crippen LogP contribution < -0.4 is 0 Å². The Labute approximate surface area is 137 Å². The minimum absolute atomic E-state index is 0.0627. The van der Waals surface area contributed by atoms with E-state index >= 15 is 0 Å². The van der Waals surface area contributed by atoms with E-state index in [1.54, 1.807) is 11.8 Å². The van der Waals surface area contributed by atoms with Crippen molar-refractivity contribution in [1.29, 1.82) is 0 Å². The van der Waals surface area contributed by atoms with Crippen LogP contribution in [0.3, 0.4) is 0 Å². The van der Waals surface area contributed by atoms with Gasteiger partial charge in [0.05, 0.1) is 5.92 Å². The third-order valence-electron chi connectivity index (χ3n) is 3.14. The van der Waals surface area contributed by atoms with Crippen molar-refractivity contribution in [3.8, 4) is 0 Å². The SMILES string of the molecule is CCC(=O)C[C@@H](CSC(C)(C)C)C(=O)OCc1ccccc1. The standard InChI is InChI=1S/C18H26O3S/c1-5-16(19)11-15(13-22-18(2,3)4)17(20)21-12-14-9-7-6-8-10-14/h6-10,15H,5,11-13H2,1-4H3/t15-/m0/s1. The Morgan fingerprint density at radius 2 is 1.82 bits per heavy atom. The number of rotatable bonds is 8. The maximum absolute atomic E-state index is 12.3. The molecule has 1 rings (SSSR count). The number of Topliss-reactive ketones (excluding diaryl/α,β-unsaturated/α-hetero) is 1. The van der Waals surface area contributed by atoms with Crippen LogP contribution in [0.25, 0.3) is 0 Å². The third kappa shape index (κ3) is 7.64. The number of ketones is 1. The molecular formula is C18H26O3S. The van der Waals surface area contributed by atoms with Crippen LogP contribution in [0, 0.1) is 5.92 Å². The maximum Gasteiger partial charge on any atom is 0.310 e. The molecule has 0 aromatic heterocycles. The van der Waals surface area contributed by atoms with Crippen LogP contribution in [0.4, 0.5) is 0 Å². The zero-order valence-electron chi connectivity index (χ0n) is 13.9. The lowest BCUT2D eigenvalue weighted by Gasteiger charge is -2.21. The van der Waals surface area contributed by atoms with Crippen molar-refractivity contribution in [1.82, 2.24) is 0 Å². The Morgan fingerprint density at radius 3 is 2.36 bits per heavy atom. The van der Waals surface area contributed by atoms with Gasteiger partial charge in [-0.15, -0.1) is 0 Å². The predicted octanol–water partition coefficient (Wildman–Crippen LogP) is 4.25. The van der Waals surface area contributed by atoms with Crippen LogP contribution in [-0.2, 0) is 20.9 Å². The van der Waals surface area contributed by atoms with E-state index in [1.165, 1.54) is 0 Å². The highest BCUT2D eigenvalue weighted by molar-refractivity contribution is 8.00. The van der Waals surface area contributed by atoms with E-state index in [-0.39, 0.29) is 35.4 Å². The first-order valence-corrected chi connectivity index (χ1v) is 8.66. The summed E-state index contributed by atoms with van der Waals surface area (Å²) in [7, 11) is 0. The number of carbonyl (C=O) groups excluding carboxylic acids is 2. The molecule has 1 aromatic carbocycles. The molecule has 0 unspecified atom stereocenters. The van der Waals surface area contributed by atoms with Crippen molar-refractivity contribution in [3.05, 3.63) is 35.9 Å². The first-order chi connectivity index (χ1) is 10.3. The monoisotopic (exact) mass is 322 g/mol. The Bertz CT molecular complexity index is 477. The van der Waals surface area contributed by atoms with Crippen LogP contribution in [-0.4, -0.2) is 22.3 Å². The van der Waals surface area contributed by atoms with Gasteiger partial charge < -0.3 is 4.74 Å². The molecule has 0 aliphatic heterocycles. The van der Waals surface area contributed by atoms with Gasteiger partial charge in [0.25, 0.3) is 0 Å². The van der Waals surface area contributed by atoms with E-state index in [1.807, 2.05) is 37.3 Å². The fourth-order valence-electron chi connectivity index (χ4n) is 1.83. The minimum Gasteiger partial charge on any atom is -0.461 e. The molecule has 0 amide bonds. The van der Waals surface area contributed by atoms with Crippen LogP contribution >= 0.6 is 11.8 Å². The van der Waals surface area contributed by atoms with Gasteiger partial charge in [-0.05, 0) is 5.56 Å². The second-order valence-electron chi connectivity index (χ2n) is 6.31. The van der Waals surface area contributed by atoms with Gasteiger partial charge in [-0.3, -0.25) is 9.59 Å². The summed E-state index contributed by atoms with van der Waals surface area (Å²) >= 11 is 1.69. The Hall–Kier alpha value is -1.29. The van der Waals surface area contributed by atoms with Crippen molar-refractivity contribution < 1.29 is 14.3 Å². The van der Waals surface area contributed by atoms with E-state index in [4.69, 9.17) is 4.74 Å². The Balaban J connectivity index is 2.59. The highest BCUT2D eigenvalue weighted by atomic mass is 32.2. The number of hydrogen-bond acceptors (Lipinski definition) is 4. The minimum atomic E-state index is -0.361. The molecule has 0 fully saturated rings. The molecule has 0 radical (unpaired) electrons. The molecule has 0 spiro atoms. The van der Waals surface area contributed by atoms with Gasteiger partial charge in [-0.2, -0.15) is 11.8 Å². The maximum atomic E-state index is 12.3. The lowest BCUT2D eigenvalue weighted by Crippen LogP contribution is -2.25. The average Bonchev–Trinajstić information content (AvgIpc) is 2.48. The van der Waals surface area contributed by atoms with Crippen LogP contribution in [0.15, 0.2) is 30.3 Å². The van der Waals surface area contributed by atoms with E-state index in [9.17, 15) is 9.59 Å². The van der Waals surface area contributed by atoms with Crippen molar-refractivity contribution in [3.63, 3.8) is 0 Å². The fraction of sp³-hybridized carbons (Fsp3) is 0.556. The van der Waals surface area contributed by atoms with Gasteiger partial charge in [-0.1, -0.05) is 58.0 Å². The summed E-state index contributed by atoms with van der Waals surface area (Å²) in [4.78, 5) is 24.0. The van der Waals surface area contributed by atoms with Gasteiger partial charge in [0.15, 0.2) is 0 Å². The smallest absolute Gasteiger partial charge is 0.310 e. The number of thioether (sulfide) groups is 1. The Kier molecular flexibility index (Phi) is 7.66. The molecule has 0 bridgehead atoms. The molecule has 22 heavy (non-hydrogen) atoms. The molecule has 0 aliphatic carbocycles. The number of benzene rings is 1. The third-order valence-corrected chi connectivity index (χ3v) is 4.58. The van der Waals surface area contributed by atoms with Crippen molar-refractivity contribution in [2.45, 2.75) is 51.9 Å². The molecule has 0 heterocycles. The largest absolute Gasteiger partial charge is 0.461 e. The van der Waals surface area contributed by atoms with Gasteiger partial charge in [0, 0.05) is 23.3 Å². The van der Waals surface area contributed by atoms with Gasteiger partial charge in [0.2, 0.25) is 0 Å². The predicted molar refractivity (Wildman–Crippen MR) is 91.9 cm³/mol. The summed E-state index contributed by atoms with van der Waals surface area (Å²) in [6.07, 6.45) is 0.732. The molecular weight excluding hydrogens is 296 g/mol. The summed E-state index contributed by atoms with van der Waals surface area (Å²) in [6, 6.07) is 9.59. The molecule has 1 atom stereocenters. The number of hydrogen-bond donors (Lipinski definition) is 0. The lowest BCUT2D eigenvalue weighted by atomic mass is 10.0. The number of ether oxygens (including phenoxy) is 1. The molecule has 0 N–H and O–H groups in total. The van der Waals surface area contributed by atoms with E-state index in [0.29, 0.717) is 12.2 Å². The second-order valence-corrected chi connectivity index (χ2v) is 8.16. The Morgan fingerprint density at radius 1 is 1.18 bits per heavy atom. The topological polar surface area (TPSA) is 43.4 Å². The molecule has 4 heteroatoms. The van der Waals surface area contributed by atoms with E-state index in [2.05, 4.69) is 20.8 Å². The van der Waals surface area contributed by atoms with Crippen molar-refractivity contribution in [2.24, 2.45) is 5.92 Å². The van der Waals surface area contributed by atoms with Crippen LogP contribution in [0.5, 0.6) is 0 Å². The molecule has 122 valence electrons. The summed E-state index contributed by atoms with van der Waals surface area (Å²) < 4.78 is 5.46. The molecule has 1 aromatic rings. The number of esters is 1. The normalized spacial score (nSPS) is 12.7. The fourth-order valence-corrected chi connectivity index (χ4v) is 2.78. The summed E-state index contributed by atoms with van der Waals surface area (Å²) in [6.45, 7) is 8.39. The zero-order chi connectivity index (χ0) is 16.6. The molecule has 3 nitrogen and oxygen atoms in total. The van der Waals surface area contributed by atoms with Gasteiger partial charge in [0.1, 0.15) is 12.4 Å². The zero-order valence-corrected chi connectivity index (χ0v) is 14.7. The van der Waals surface area contributed by atoms with Crippen LogP contribution in [0.2, 0.25) is 0 Å². The second kappa shape index (κ2) is 8.99. The molecule has 0 aliphatic rings. The molecule has 0 saturated carbocycles. The van der Waals surface area contributed by atoms with Crippen molar-refractivity contribution >= 4 is 23.5 Å². The highest BCUT2D eigenvalue weighted by Gasteiger charge is 2.25. The summed E-state index contributed by atoms with van der Waals surface area (Å²) in [5.74, 6) is 0.0852.